The lowest BCUT2D eigenvalue weighted by atomic mass is 9.76. The van der Waals surface area contributed by atoms with E-state index < -0.39 is 0 Å². The van der Waals surface area contributed by atoms with E-state index in [0.29, 0.717) is 15.5 Å². The molecule has 28 heavy (non-hydrogen) atoms. The van der Waals surface area contributed by atoms with E-state index in [4.69, 9.17) is 28.2 Å². The SMILES string of the molecule is C=C=C1C(C)=C(N2CCC3(CC=CC3)CC2)N=C(C)N1c1cccc(Cl)c1Cl. The molecule has 4 rings (SSSR count). The third-order valence-corrected chi connectivity index (χ3v) is 7.05. The summed E-state index contributed by atoms with van der Waals surface area (Å²) in [5.41, 5.74) is 6.35. The van der Waals surface area contributed by atoms with Crippen molar-refractivity contribution in [2.24, 2.45) is 10.4 Å². The Labute approximate surface area is 177 Å². The molecule has 0 amide bonds. The minimum Gasteiger partial charge on any atom is -0.356 e. The van der Waals surface area contributed by atoms with Crippen LogP contribution in [0.3, 0.4) is 0 Å². The molecule has 5 heteroatoms. The first kappa shape index (κ1) is 19.4. The minimum absolute atomic E-state index is 0.482. The standard InChI is InChI=1S/C23H25Cl2N3/c1-4-19-16(2)22(27-14-12-23(13-15-27)10-5-6-11-23)26-17(3)28(19)20-9-7-8-18(24)21(20)25/h5-9H,1,10-15H2,2-3H3. The highest BCUT2D eigenvalue weighted by Crippen LogP contribution is 2.44. The molecule has 1 aromatic carbocycles. The lowest BCUT2D eigenvalue weighted by molar-refractivity contribution is 0.137. The van der Waals surface area contributed by atoms with Crippen molar-refractivity contribution in [3.63, 3.8) is 0 Å². The number of amidine groups is 1. The molecule has 0 N–H and O–H groups in total. The Morgan fingerprint density at radius 2 is 1.79 bits per heavy atom. The van der Waals surface area contributed by atoms with Gasteiger partial charge in [-0.2, -0.15) is 0 Å². The molecule has 3 aliphatic rings. The highest BCUT2D eigenvalue weighted by Gasteiger charge is 2.37. The van der Waals surface area contributed by atoms with Gasteiger partial charge in [0.15, 0.2) is 0 Å². The van der Waals surface area contributed by atoms with Gasteiger partial charge in [0.25, 0.3) is 0 Å². The maximum absolute atomic E-state index is 6.49. The van der Waals surface area contributed by atoms with Crippen LogP contribution in [0, 0.1) is 5.41 Å². The summed E-state index contributed by atoms with van der Waals surface area (Å²) in [4.78, 5) is 9.38. The van der Waals surface area contributed by atoms with Crippen molar-refractivity contribution in [3.05, 3.63) is 69.8 Å². The molecule has 1 saturated heterocycles. The van der Waals surface area contributed by atoms with Gasteiger partial charge in [0.1, 0.15) is 11.7 Å². The predicted octanol–water partition coefficient (Wildman–Crippen LogP) is 6.56. The van der Waals surface area contributed by atoms with Crippen LogP contribution in [-0.2, 0) is 0 Å². The lowest BCUT2D eigenvalue weighted by Crippen LogP contribution is -2.41. The van der Waals surface area contributed by atoms with E-state index in [1.54, 1.807) is 6.07 Å². The fourth-order valence-electron chi connectivity index (χ4n) is 4.55. The van der Waals surface area contributed by atoms with Crippen molar-refractivity contribution in [2.75, 3.05) is 18.0 Å². The summed E-state index contributed by atoms with van der Waals surface area (Å²) in [5, 5.41) is 1.03. The van der Waals surface area contributed by atoms with E-state index in [2.05, 4.69) is 36.3 Å². The van der Waals surface area contributed by atoms with Gasteiger partial charge in [-0.1, -0.05) is 48.0 Å². The molecule has 1 spiro atoms. The molecular formula is C23H25Cl2N3. The number of piperidine rings is 1. The summed E-state index contributed by atoms with van der Waals surface area (Å²) >= 11 is 12.7. The summed E-state index contributed by atoms with van der Waals surface area (Å²) in [7, 11) is 0. The Bertz CT molecular complexity index is 933. The maximum Gasteiger partial charge on any atom is 0.136 e. The van der Waals surface area contributed by atoms with Crippen molar-refractivity contribution in [2.45, 2.75) is 39.5 Å². The van der Waals surface area contributed by atoms with Crippen LogP contribution in [0.15, 0.2) is 64.7 Å². The van der Waals surface area contributed by atoms with Gasteiger partial charge in [0.2, 0.25) is 0 Å². The Hall–Kier alpha value is -1.93. The van der Waals surface area contributed by atoms with Gasteiger partial charge in [-0.05, 0) is 57.1 Å². The van der Waals surface area contributed by atoms with E-state index in [1.807, 2.05) is 24.0 Å². The Morgan fingerprint density at radius 3 is 2.43 bits per heavy atom. The van der Waals surface area contributed by atoms with Gasteiger partial charge < -0.3 is 4.90 Å². The quantitative estimate of drug-likeness (QED) is 0.403. The Balaban J connectivity index is 1.65. The van der Waals surface area contributed by atoms with Crippen LogP contribution in [0.25, 0.3) is 0 Å². The molecule has 0 unspecified atom stereocenters. The van der Waals surface area contributed by atoms with Gasteiger partial charge in [-0.3, -0.25) is 4.90 Å². The van der Waals surface area contributed by atoms with E-state index in [1.165, 1.54) is 25.7 Å². The van der Waals surface area contributed by atoms with Crippen molar-refractivity contribution in [1.29, 1.82) is 0 Å². The molecule has 1 aromatic rings. The molecule has 2 heterocycles. The summed E-state index contributed by atoms with van der Waals surface area (Å²) < 4.78 is 0. The van der Waals surface area contributed by atoms with Gasteiger partial charge in [-0.15, -0.1) is 5.73 Å². The molecule has 1 fully saturated rings. The first-order chi connectivity index (χ1) is 13.5. The number of allylic oxidation sites excluding steroid dienone is 3. The molecule has 0 bridgehead atoms. The van der Waals surface area contributed by atoms with Crippen LogP contribution in [0.4, 0.5) is 5.69 Å². The van der Waals surface area contributed by atoms with Crippen LogP contribution in [0.1, 0.15) is 39.5 Å². The van der Waals surface area contributed by atoms with Gasteiger partial charge >= 0.3 is 0 Å². The molecule has 3 nitrogen and oxygen atoms in total. The van der Waals surface area contributed by atoms with Crippen LogP contribution in [0.5, 0.6) is 0 Å². The van der Waals surface area contributed by atoms with E-state index >= 15 is 0 Å². The topological polar surface area (TPSA) is 18.8 Å². The average Bonchev–Trinajstić information content (AvgIpc) is 3.14. The molecule has 0 saturated carbocycles. The lowest BCUT2D eigenvalue weighted by Gasteiger charge is -2.42. The van der Waals surface area contributed by atoms with Crippen LogP contribution in [0.2, 0.25) is 10.0 Å². The second-order valence-corrected chi connectivity index (χ2v) is 8.69. The molecule has 146 valence electrons. The minimum atomic E-state index is 0.482. The second-order valence-electron chi connectivity index (χ2n) is 7.91. The number of aliphatic imine (C=N–C) groups is 1. The van der Waals surface area contributed by atoms with E-state index in [9.17, 15) is 0 Å². The number of anilines is 1. The number of benzene rings is 1. The second kappa shape index (κ2) is 7.48. The van der Waals surface area contributed by atoms with Gasteiger partial charge in [0.05, 0.1) is 21.4 Å². The first-order valence-electron chi connectivity index (χ1n) is 9.76. The van der Waals surface area contributed by atoms with Crippen LogP contribution < -0.4 is 4.90 Å². The van der Waals surface area contributed by atoms with Crippen LogP contribution in [-0.4, -0.2) is 23.8 Å². The number of halogens is 2. The van der Waals surface area contributed by atoms with Crippen molar-refractivity contribution < 1.29 is 0 Å². The summed E-state index contributed by atoms with van der Waals surface area (Å²) in [5.74, 6) is 1.87. The molecule has 0 atom stereocenters. The number of hydrogen-bond donors (Lipinski definition) is 0. The zero-order valence-corrected chi connectivity index (χ0v) is 17.9. The summed E-state index contributed by atoms with van der Waals surface area (Å²) in [6.45, 7) is 10.1. The zero-order valence-electron chi connectivity index (χ0n) is 16.4. The van der Waals surface area contributed by atoms with Crippen molar-refractivity contribution >= 4 is 34.7 Å². The largest absolute Gasteiger partial charge is 0.356 e. The Morgan fingerprint density at radius 1 is 1.11 bits per heavy atom. The molecule has 0 radical (unpaired) electrons. The zero-order chi connectivity index (χ0) is 19.9. The summed E-state index contributed by atoms with van der Waals surface area (Å²) in [6.07, 6.45) is 9.55. The van der Waals surface area contributed by atoms with E-state index in [0.717, 1.165) is 41.7 Å². The third kappa shape index (κ3) is 3.22. The van der Waals surface area contributed by atoms with Crippen molar-refractivity contribution in [1.82, 2.24) is 4.90 Å². The number of likely N-dealkylation sites (tertiary alicyclic amines) is 1. The van der Waals surface area contributed by atoms with Gasteiger partial charge in [0, 0.05) is 18.7 Å². The predicted molar refractivity (Wildman–Crippen MR) is 119 cm³/mol. The highest BCUT2D eigenvalue weighted by atomic mass is 35.5. The molecule has 0 aromatic heterocycles. The highest BCUT2D eigenvalue weighted by molar-refractivity contribution is 6.44. The van der Waals surface area contributed by atoms with Crippen molar-refractivity contribution in [3.8, 4) is 0 Å². The first-order valence-corrected chi connectivity index (χ1v) is 10.5. The van der Waals surface area contributed by atoms with E-state index in [-0.39, 0.29) is 0 Å². The number of rotatable bonds is 2. The normalized spacial score (nSPS) is 21.4. The average molecular weight is 414 g/mol. The molecular weight excluding hydrogens is 389 g/mol. The van der Waals surface area contributed by atoms with Crippen LogP contribution >= 0.6 is 23.2 Å². The van der Waals surface area contributed by atoms with Gasteiger partial charge in [-0.25, -0.2) is 4.99 Å². The fourth-order valence-corrected chi connectivity index (χ4v) is 4.93. The number of hydrogen-bond acceptors (Lipinski definition) is 3. The smallest absolute Gasteiger partial charge is 0.136 e. The Kier molecular flexibility index (Phi) is 5.18. The monoisotopic (exact) mass is 413 g/mol. The number of nitrogens with zero attached hydrogens (tertiary/aromatic N) is 3. The third-order valence-electron chi connectivity index (χ3n) is 6.24. The molecule has 1 aliphatic carbocycles. The fraction of sp³-hybridized carbons (Fsp3) is 0.391. The summed E-state index contributed by atoms with van der Waals surface area (Å²) in [6, 6.07) is 5.63. The maximum atomic E-state index is 6.49. The molecule has 2 aliphatic heterocycles.